The first-order valence-electron chi connectivity index (χ1n) is 34.8. The molecule has 0 saturated heterocycles. The maximum atomic E-state index is 15.0. The van der Waals surface area contributed by atoms with E-state index >= 15 is 0 Å². The molecule has 0 heterocycles. The minimum Gasteiger partial charge on any atom is -0.422 e. The van der Waals surface area contributed by atoms with Crippen LogP contribution in [-0.2, 0) is 23.0 Å². The Balaban J connectivity index is 2.25. The summed E-state index contributed by atoms with van der Waals surface area (Å²) in [7, 11) is 0. The third-order valence-electron chi connectivity index (χ3n) is 19.0. The molecule has 0 aliphatic heterocycles. The number of hydrogen-bond donors (Lipinski definition) is 0. The molecule has 0 radical (unpaired) electrons. The number of esters is 2. The predicted octanol–water partition coefficient (Wildman–Crippen LogP) is 31.3. The summed E-state index contributed by atoms with van der Waals surface area (Å²) in [6.07, 6.45) is -45.9. The van der Waals surface area contributed by atoms with Crippen LogP contribution in [0, 0.1) is 13.8 Å². The Morgan fingerprint density at radius 1 is 0.204 bits per heavy atom. The van der Waals surface area contributed by atoms with Crippen LogP contribution >= 0.6 is 47.0 Å². The molecule has 0 aromatic heterocycles. The van der Waals surface area contributed by atoms with Crippen LogP contribution in [0.4, 0.5) is 299 Å². The number of halogens is 68. The second kappa shape index (κ2) is 39.0. The van der Waals surface area contributed by atoms with Gasteiger partial charge in [-0.05, 0) is 83.4 Å². The van der Waals surface area contributed by atoms with Gasteiger partial charge in [-0.15, -0.1) is 0 Å². The average molecular weight is 2320 g/mol. The van der Waals surface area contributed by atoms with Gasteiger partial charge in [0, 0.05) is 59.8 Å². The van der Waals surface area contributed by atoms with E-state index in [4.69, 9.17) is 9.47 Å². The molecule has 0 atom stereocenters. The van der Waals surface area contributed by atoms with Gasteiger partial charge in [0.15, 0.2) is 0 Å². The zero-order valence-electron chi connectivity index (χ0n) is 66.1. The molecule has 3 aromatic rings. The molecule has 826 valence electrons. The van der Waals surface area contributed by atoms with E-state index in [1.165, 1.54) is 0 Å². The average Bonchev–Trinajstić information content (AvgIpc) is 0.704. The Hall–Kier alpha value is -6.76. The molecular formula is C66H38F68O4S4. The molecule has 0 N–H and O–H groups in total. The van der Waals surface area contributed by atoms with E-state index in [0.29, 0.717) is 26.0 Å². The molecule has 0 bridgehead atoms. The smallest absolute Gasteiger partial charge is 0.422 e. The van der Waals surface area contributed by atoms with Gasteiger partial charge in [0.05, 0.1) is 11.1 Å². The highest BCUT2D eigenvalue weighted by atomic mass is 32.2. The standard InChI is InChI=1S/C66H38F68O4S4/c1-23-15-25(19-139-11-7-35(67,68)39(75,76)43(83,84)47(91,92)51(99,100)55(107,108)59(115,116)63(123,124)125)17-29(21-141-13-9-37(71,72)41(79,80)45(87,88)49(95,96)53(103,104)57(111,112)61(119,120)65(129,130)131)31(23)137-33(135)27-3-5-28(6-4-27)34(136)138-32-24(2)16-26(20-140-12-8-36(69,70)40(77,78)44(85,86)48(93,94)52(101,102)56(109,110)60(117,118)64(126,127)128)18-30(32)22-142-14-10-38(73,74)42(81,82)46(89,90)50(97,98)54(105,106)58(113,114)62(121,122)66(132,133)134/h3-6,15-18H,7-14,19-22H2,1-2H3. The number of thioether (sulfide) groups is 4. The Kier molecular flexibility index (Phi) is 35.5. The molecule has 0 spiro atoms. The minimum atomic E-state index is -9.18. The quantitative estimate of drug-likeness (QED) is 0.0240. The summed E-state index contributed by atoms with van der Waals surface area (Å²) in [4.78, 5) is 27.4. The van der Waals surface area contributed by atoms with E-state index in [-0.39, 0.29) is 36.4 Å². The van der Waals surface area contributed by atoms with Gasteiger partial charge in [-0.2, -0.15) is 346 Å². The van der Waals surface area contributed by atoms with Crippen molar-refractivity contribution in [3.8, 4) is 11.5 Å². The number of ether oxygens (including phenoxy) is 2. The Bertz CT molecular complexity index is 4580. The van der Waals surface area contributed by atoms with Gasteiger partial charge in [-0.3, -0.25) is 0 Å². The minimum absolute atomic E-state index is 0.262. The lowest BCUT2D eigenvalue weighted by Crippen LogP contribution is -2.74. The van der Waals surface area contributed by atoms with Gasteiger partial charge < -0.3 is 9.47 Å². The Morgan fingerprint density at radius 2 is 0.345 bits per heavy atom. The molecule has 0 saturated carbocycles. The maximum Gasteiger partial charge on any atom is 0.460 e. The first-order valence-corrected chi connectivity index (χ1v) is 39.5. The fourth-order valence-electron chi connectivity index (χ4n) is 10.5. The summed E-state index contributed by atoms with van der Waals surface area (Å²) in [6.45, 7) is 1.10. The molecular weight excluding hydrogens is 2280 g/mol. The van der Waals surface area contributed by atoms with Gasteiger partial charge in [0.1, 0.15) is 11.5 Å². The summed E-state index contributed by atoms with van der Waals surface area (Å²) in [5.41, 5.74) is -7.99. The number of hydrogen-bond acceptors (Lipinski definition) is 8. The highest BCUT2D eigenvalue weighted by molar-refractivity contribution is 7.99. The van der Waals surface area contributed by atoms with Crippen molar-refractivity contribution < 1.29 is 318 Å². The fourth-order valence-corrected chi connectivity index (χ4v) is 14.4. The molecule has 0 aliphatic carbocycles. The lowest BCUT2D eigenvalue weighted by atomic mass is 9.88. The lowest BCUT2D eigenvalue weighted by Gasteiger charge is -2.42. The third kappa shape index (κ3) is 20.7. The van der Waals surface area contributed by atoms with Gasteiger partial charge in [0.2, 0.25) is 0 Å². The van der Waals surface area contributed by atoms with E-state index in [0.717, 1.165) is 0 Å². The van der Waals surface area contributed by atoms with Crippen molar-refractivity contribution in [2.75, 3.05) is 23.0 Å². The second-order valence-corrected chi connectivity index (χ2v) is 33.4. The van der Waals surface area contributed by atoms with E-state index in [1.54, 1.807) is 0 Å². The van der Waals surface area contributed by atoms with Crippen molar-refractivity contribution >= 4 is 59.0 Å². The summed E-state index contributed by atoms with van der Waals surface area (Å²) < 4.78 is 958. The molecule has 0 aliphatic rings. The second-order valence-electron chi connectivity index (χ2n) is 29.0. The number of alkyl halides is 68. The fraction of sp³-hybridized carbons (Fsp3) is 0.697. The molecule has 142 heavy (non-hydrogen) atoms. The molecule has 76 heteroatoms. The monoisotopic (exact) mass is 2310 g/mol. The largest absolute Gasteiger partial charge is 0.460 e. The molecule has 0 amide bonds. The SMILES string of the molecule is Cc1cc(CSCCC(F)(F)C(F)(F)C(F)(F)C(F)(F)C(F)(F)C(F)(F)C(F)(F)C(F)(F)F)cc(CSCCC(F)(F)C(F)(F)C(F)(F)C(F)(F)C(F)(F)C(F)(F)C(F)(F)C(F)(F)F)c1OC(=O)c1ccc(C(=O)Oc2c(C)cc(CSCCC(F)(F)C(F)(F)C(F)(F)C(F)(F)C(F)(F)C(F)(F)C(F)(F)C(F)(F)F)cc2CSCCC(F)(F)C(F)(F)C(F)(F)C(F)(F)C(F)(F)C(F)(F)C(F)(F)C(F)(F)F)cc1. The molecule has 4 nitrogen and oxygen atoms in total. The van der Waals surface area contributed by atoms with Crippen molar-refractivity contribution in [1.29, 1.82) is 0 Å². The Labute approximate surface area is 755 Å². The predicted molar refractivity (Wildman–Crippen MR) is 345 cm³/mol. The van der Waals surface area contributed by atoms with E-state index < -0.39 is 377 Å². The van der Waals surface area contributed by atoms with Crippen LogP contribution < -0.4 is 9.47 Å². The van der Waals surface area contributed by atoms with Gasteiger partial charge in [-0.25, -0.2) is 9.59 Å². The molecule has 3 rings (SSSR count). The number of aryl methyl sites for hydroxylation is 2. The normalized spacial score (nSPS) is 15.8. The summed E-state index contributed by atoms with van der Waals surface area (Å²) >= 11 is -2.31. The number of benzene rings is 3. The summed E-state index contributed by atoms with van der Waals surface area (Å²) in [6, 6.07) is 2.46. The van der Waals surface area contributed by atoms with E-state index in [1.807, 2.05) is 0 Å². The first-order chi connectivity index (χ1) is 61.9. The van der Waals surface area contributed by atoms with Crippen LogP contribution in [0.1, 0.15) is 79.8 Å². The molecule has 0 unspecified atom stereocenters. The van der Waals surface area contributed by atoms with Crippen molar-refractivity contribution in [3.63, 3.8) is 0 Å². The summed E-state index contributed by atoms with van der Waals surface area (Å²) in [5, 5.41) is 0. The van der Waals surface area contributed by atoms with E-state index in [9.17, 15) is 308 Å². The van der Waals surface area contributed by atoms with Crippen LogP contribution in [0.25, 0.3) is 0 Å². The van der Waals surface area contributed by atoms with Crippen LogP contribution in [-0.4, -0.2) is 225 Å². The molecule has 0 fully saturated rings. The van der Waals surface area contributed by atoms with Crippen LogP contribution in [0.2, 0.25) is 0 Å². The van der Waals surface area contributed by atoms with Crippen LogP contribution in [0.15, 0.2) is 48.5 Å². The van der Waals surface area contributed by atoms with Gasteiger partial charge >= 0.3 is 202 Å². The van der Waals surface area contributed by atoms with Crippen molar-refractivity contribution in [3.05, 3.63) is 93.0 Å². The number of carbonyl (C=O) groups is 2. The third-order valence-corrected chi connectivity index (χ3v) is 23.1. The highest BCUT2D eigenvalue weighted by Gasteiger charge is 3.00. The Morgan fingerprint density at radius 3 is 0.500 bits per heavy atom. The summed E-state index contributed by atoms with van der Waals surface area (Å²) in [5.74, 6) is -263. The van der Waals surface area contributed by atoms with Crippen LogP contribution in [0.5, 0.6) is 11.5 Å². The topological polar surface area (TPSA) is 52.6 Å². The zero-order valence-corrected chi connectivity index (χ0v) is 69.3. The zero-order chi connectivity index (χ0) is 113. The van der Waals surface area contributed by atoms with Gasteiger partial charge in [-0.1, -0.05) is 24.3 Å². The van der Waals surface area contributed by atoms with E-state index in [2.05, 4.69) is 0 Å². The highest BCUT2D eigenvalue weighted by Crippen LogP contribution is 2.71. The van der Waals surface area contributed by atoms with Gasteiger partial charge in [0.25, 0.3) is 0 Å². The van der Waals surface area contributed by atoms with Crippen molar-refractivity contribution in [2.45, 2.75) is 253 Å². The lowest BCUT2D eigenvalue weighted by molar-refractivity contribution is -0.461. The number of carbonyl (C=O) groups excluding carboxylic acids is 2. The molecule has 3 aromatic carbocycles. The maximum absolute atomic E-state index is 15.0. The van der Waals surface area contributed by atoms with Crippen LogP contribution in [0.3, 0.4) is 0 Å². The number of rotatable bonds is 48. The first kappa shape index (κ1) is 129. The van der Waals surface area contributed by atoms with Crippen molar-refractivity contribution in [1.82, 2.24) is 0 Å². The van der Waals surface area contributed by atoms with Crippen molar-refractivity contribution in [2.24, 2.45) is 0 Å².